The van der Waals surface area contributed by atoms with E-state index >= 15 is 0 Å². The van der Waals surface area contributed by atoms with Crippen LogP contribution < -0.4 is 0 Å². The molecule has 1 atom stereocenters. The molecule has 2 heterocycles. The van der Waals surface area contributed by atoms with Crippen molar-refractivity contribution in [3.63, 3.8) is 0 Å². The Hall–Kier alpha value is -1.32. The number of oxazole rings is 1. The highest BCUT2D eigenvalue weighted by Gasteiger charge is 2.17. The van der Waals surface area contributed by atoms with Crippen LogP contribution in [0.2, 0.25) is 0 Å². The van der Waals surface area contributed by atoms with Crippen molar-refractivity contribution in [2.75, 3.05) is 6.16 Å². The lowest BCUT2D eigenvalue weighted by atomic mass is 10.2. The third-order valence-electron chi connectivity index (χ3n) is 2.60. The van der Waals surface area contributed by atoms with Gasteiger partial charge in [-0.3, -0.25) is 4.99 Å². The predicted molar refractivity (Wildman–Crippen MR) is 78.5 cm³/mol. The number of benzene rings is 1. The van der Waals surface area contributed by atoms with Crippen LogP contribution in [-0.4, -0.2) is 16.6 Å². The van der Waals surface area contributed by atoms with Gasteiger partial charge in [0.25, 0.3) is 0 Å². The molecule has 96 valence electrons. The molecule has 0 radical (unpaired) electrons. The summed E-state index contributed by atoms with van der Waals surface area (Å²) in [5.41, 5.74) is 2.39. The fourth-order valence-corrected chi connectivity index (χ4v) is 3.22. The summed E-state index contributed by atoms with van der Waals surface area (Å²) in [7, 11) is 0.586. The first-order valence-electron chi connectivity index (χ1n) is 5.63. The van der Waals surface area contributed by atoms with Gasteiger partial charge < -0.3 is 4.42 Å². The largest absolute Gasteiger partial charge is 0.429 e. The van der Waals surface area contributed by atoms with Crippen molar-refractivity contribution >= 4 is 30.0 Å². The Balaban J connectivity index is 1.99. The maximum absolute atomic E-state index is 12.9. The van der Waals surface area contributed by atoms with Crippen molar-refractivity contribution < 1.29 is 8.81 Å². The fourth-order valence-electron chi connectivity index (χ4n) is 1.69. The van der Waals surface area contributed by atoms with Crippen molar-refractivity contribution in [2.24, 2.45) is 4.99 Å². The highest BCUT2D eigenvalue weighted by Crippen LogP contribution is 2.31. The molecule has 2 aromatic rings. The minimum Gasteiger partial charge on any atom is -0.429 e. The van der Waals surface area contributed by atoms with Crippen molar-refractivity contribution in [1.29, 1.82) is 0 Å². The molecule has 0 saturated heterocycles. The molecule has 19 heavy (non-hydrogen) atoms. The first kappa shape index (κ1) is 12.7. The van der Waals surface area contributed by atoms with E-state index in [1.54, 1.807) is 18.3 Å². The number of allylic oxidation sites excluding steroid dienone is 1. The van der Waals surface area contributed by atoms with Crippen LogP contribution in [0.15, 0.2) is 50.6 Å². The third kappa shape index (κ3) is 2.67. The van der Waals surface area contributed by atoms with Gasteiger partial charge in [-0.2, -0.15) is 0 Å². The molecule has 0 N–H and O–H groups in total. The number of rotatable bonds is 2. The van der Waals surface area contributed by atoms with E-state index in [-0.39, 0.29) is 5.82 Å². The van der Waals surface area contributed by atoms with E-state index in [4.69, 9.17) is 4.42 Å². The van der Waals surface area contributed by atoms with Crippen LogP contribution >= 0.6 is 24.5 Å². The van der Waals surface area contributed by atoms with E-state index in [0.717, 1.165) is 22.9 Å². The number of hydrogen-bond donors (Lipinski definition) is 0. The summed E-state index contributed by atoms with van der Waals surface area (Å²) in [6, 6.07) is 6.05. The molecule has 1 aliphatic rings. The van der Waals surface area contributed by atoms with Gasteiger partial charge >= 0.3 is 0 Å². The molecule has 0 spiro atoms. The molecule has 1 aromatic heterocycles. The molecular formula is C13H9BrFN2OP. The average Bonchev–Trinajstić information content (AvgIpc) is 2.83. The molecule has 1 unspecified atom stereocenters. The van der Waals surface area contributed by atoms with Crippen LogP contribution in [0, 0.1) is 5.82 Å². The molecule has 0 bridgehead atoms. The van der Waals surface area contributed by atoms with Crippen molar-refractivity contribution in [3.05, 3.63) is 52.7 Å². The molecule has 6 heteroatoms. The monoisotopic (exact) mass is 338 g/mol. The Kier molecular flexibility index (Phi) is 3.58. The summed E-state index contributed by atoms with van der Waals surface area (Å²) in [5.74, 6) is 0.182. The standard InChI is InChI=1S/C13H9BrFN2OP/c14-11-10(13-16-6-1-7-19-13)17-12(18-11)8-2-4-9(15)5-3-8/h1-6,19H,7H2. The fraction of sp³-hybridized carbons (Fsp3) is 0.0769. The van der Waals surface area contributed by atoms with Gasteiger partial charge in [0.15, 0.2) is 4.67 Å². The Morgan fingerprint density at radius 1 is 1.26 bits per heavy atom. The lowest BCUT2D eigenvalue weighted by Gasteiger charge is -2.03. The van der Waals surface area contributed by atoms with E-state index in [1.807, 2.05) is 6.08 Å². The highest BCUT2D eigenvalue weighted by atomic mass is 79.9. The maximum atomic E-state index is 12.9. The minimum absolute atomic E-state index is 0.280. The van der Waals surface area contributed by atoms with Gasteiger partial charge in [0.1, 0.15) is 11.5 Å². The lowest BCUT2D eigenvalue weighted by molar-refractivity contribution is 0.548. The van der Waals surface area contributed by atoms with Crippen LogP contribution in [0.5, 0.6) is 0 Å². The van der Waals surface area contributed by atoms with Gasteiger partial charge in [-0.1, -0.05) is 14.7 Å². The second-order valence-electron chi connectivity index (χ2n) is 3.89. The third-order valence-corrected chi connectivity index (χ3v) is 4.28. The molecule has 0 fully saturated rings. The van der Waals surface area contributed by atoms with E-state index in [0.29, 0.717) is 19.1 Å². The van der Waals surface area contributed by atoms with Gasteiger partial charge in [0.05, 0.1) is 5.45 Å². The zero-order valence-corrected chi connectivity index (χ0v) is 12.3. The Bertz CT molecular complexity index is 664. The molecule has 0 amide bonds. The second-order valence-corrected chi connectivity index (χ2v) is 5.85. The smallest absolute Gasteiger partial charge is 0.228 e. The summed E-state index contributed by atoms with van der Waals surface area (Å²) < 4.78 is 19.0. The van der Waals surface area contributed by atoms with Crippen molar-refractivity contribution in [2.45, 2.75) is 0 Å². The molecule has 1 aromatic carbocycles. The minimum atomic E-state index is -0.280. The number of aliphatic imine (C=N–C) groups is 1. The van der Waals surface area contributed by atoms with Gasteiger partial charge in [0, 0.05) is 11.8 Å². The quantitative estimate of drug-likeness (QED) is 0.770. The molecule has 1 aliphatic heterocycles. The highest BCUT2D eigenvalue weighted by molar-refractivity contribution is 9.10. The zero-order valence-electron chi connectivity index (χ0n) is 9.73. The first-order valence-corrected chi connectivity index (χ1v) is 7.63. The first-order chi connectivity index (χ1) is 9.24. The Labute approximate surface area is 119 Å². The summed E-state index contributed by atoms with van der Waals surface area (Å²) >= 11 is 3.36. The normalized spacial score (nSPS) is 15.8. The van der Waals surface area contributed by atoms with Crippen LogP contribution in [0.25, 0.3) is 11.5 Å². The van der Waals surface area contributed by atoms with Crippen LogP contribution in [-0.2, 0) is 0 Å². The zero-order chi connectivity index (χ0) is 13.2. The predicted octanol–water partition coefficient (Wildman–Crippen LogP) is 4.20. The van der Waals surface area contributed by atoms with Crippen LogP contribution in [0.4, 0.5) is 4.39 Å². The van der Waals surface area contributed by atoms with Crippen molar-refractivity contribution in [1.82, 2.24) is 4.98 Å². The van der Waals surface area contributed by atoms with Gasteiger partial charge in [-0.05, 0) is 46.4 Å². The van der Waals surface area contributed by atoms with Gasteiger partial charge in [-0.15, -0.1) is 0 Å². The Morgan fingerprint density at radius 3 is 2.74 bits per heavy atom. The van der Waals surface area contributed by atoms with E-state index in [1.165, 1.54) is 12.1 Å². The molecule has 3 rings (SSSR count). The number of hydrogen-bond acceptors (Lipinski definition) is 3. The van der Waals surface area contributed by atoms with Crippen LogP contribution in [0.3, 0.4) is 0 Å². The molecule has 3 nitrogen and oxygen atoms in total. The summed E-state index contributed by atoms with van der Waals surface area (Å²) in [6.07, 6.45) is 4.78. The summed E-state index contributed by atoms with van der Waals surface area (Å²) in [5, 5.41) is 0. The van der Waals surface area contributed by atoms with E-state index in [9.17, 15) is 4.39 Å². The van der Waals surface area contributed by atoms with E-state index < -0.39 is 0 Å². The lowest BCUT2D eigenvalue weighted by Crippen LogP contribution is -1.98. The average molecular weight is 339 g/mol. The topological polar surface area (TPSA) is 38.4 Å². The Morgan fingerprint density at radius 2 is 2.05 bits per heavy atom. The number of nitrogens with zero attached hydrogens (tertiary/aromatic N) is 2. The number of halogens is 2. The molecule has 0 aliphatic carbocycles. The van der Waals surface area contributed by atoms with Gasteiger partial charge in [-0.25, -0.2) is 9.37 Å². The molecule has 0 saturated carbocycles. The number of aromatic nitrogens is 1. The summed E-state index contributed by atoms with van der Waals surface area (Å²) in [6.45, 7) is 0. The van der Waals surface area contributed by atoms with Crippen LogP contribution in [0.1, 0.15) is 5.69 Å². The second kappa shape index (κ2) is 5.35. The maximum Gasteiger partial charge on any atom is 0.228 e. The van der Waals surface area contributed by atoms with Gasteiger partial charge in [0.2, 0.25) is 5.89 Å². The summed E-state index contributed by atoms with van der Waals surface area (Å²) in [4.78, 5) is 8.76. The van der Waals surface area contributed by atoms with E-state index in [2.05, 4.69) is 25.9 Å². The SMILES string of the molecule is Fc1ccc(-c2nc(C3=NC=CCP3)c(Br)o2)cc1. The van der Waals surface area contributed by atoms with Crippen molar-refractivity contribution in [3.8, 4) is 11.5 Å². The molecular weight excluding hydrogens is 330 g/mol.